The largest absolute Gasteiger partial charge is 0.462 e. The fourth-order valence-corrected chi connectivity index (χ4v) is 1.56. The van der Waals surface area contributed by atoms with Gasteiger partial charge < -0.3 is 4.74 Å². The van der Waals surface area contributed by atoms with E-state index in [0.29, 0.717) is 5.56 Å². The Morgan fingerprint density at radius 2 is 2.19 bits per heavy atom. The van der Waals surface area contributed by atoms with Crippen LogP contribution in [0.5, 0.6) is 0 Å². The van der Waals surface area contributed by atoms with Gasteiger partial charge in [0.2, 0.25) is 0 Å². The molecule has 1 aromatic rings. The van der Waals surface area contributed by atoms with Gasteiger partial charge in [0.05, 0.1) is 22.8 Å². The Balaban J connectivity index is 3.27. The zero-order valence-electron chi connectivity index (χ0n) is 9.21. The Bertz CT molecular complexity index is 449. The highest BCUT2D eigenvalue weighted by atomic mass is 35.5. The van der Waals surface area contributed by atoms with E-state index in [4.69, 9.17) is 21.6 Å². The minimum Gasteiger partial charge on any atom is -0.462 e. The summed E-state index contributed by atoms with van der Waals surface area (Å²) in [5, 5.41) is 9.05. The highest BCUT2D eigenvalue weighted by molar-refractivity contribution is 6.34. The number of hydrogen-bond acceptors (Lipinski definition) is 3. The molecular weight excluding hydrogens is 226 g/mol. The van der Waals surface area contributed by atoms with Crippen molar-refractivity contribution < 1.29 is 9.53 Å². The van der Waals surface area contributed by atoms with Gasteiger partial charge in [-0.1, -0.05) is 18.5 Å². The minimum absolute atomic E-state index is 0.165. The second kappa shape index (κ2) is 5.53. The third-order valence-corrected chi connectivity index (χ3v) is 2.56. The van der Waals surface area contributed by atoms with Crippen molar-refractivity contribution in [2.24, 2.45) is 0 Å². The van der Waals surface area contributed by atoms with Crippen molar-refractivity contribution in [3.8, 4) is 6.07 Å². The van der Waals surface area contributed by atoms with E-state index in [0.717, 1.165) is 12.0 Å². The molecule has 0 heterocycles. The zero-order valence-corrected chi connectivity index (χ0v) is 9.97. The smallest absolute Gasteiger partial charge is 0.339 e. The predicted octanol–water partition coefficient (Wildman–Crippen LogP) is 2.95. The molecule has 0 aliphatic rings. The van der Waals surface area contributed by atoms with Gasteiger partial charge in [-0.3, -0.25) is 0 Å². The number of ether oxygens (including phenoxy) is 1. The van der Waals surface area contributed by atoms with Crippen LogP contribution >= 0.6 is 11.6 Å². The van der Waals surface area contributed by atoms with E-state index >= 15 is 0 Å². The van der Waals surface area contributed by atoms with Gasteiger partial charge in [-0.25, -0.2) is 4.79 Å². The summed E-state index contributed by atoms with van der Waals surface area (Å²) < 4.78 is 4.87. The Morgan fingerprint density at radius 3 is 2.69 bits per heavy atom. The first kappa shape index (κ1) is 12.5. The van der Waals surface area contributed by atoms with Gasteiger partial charge in [-0.2, -0.15) is 5.26 Å². The van der Waals surface area contributed by atoms with Crippen LogP contribution in [0, 0.1) is 11.3 Å². The van der Waals surface area contributed by atoms with E-state index in [1.165, 1.54) is 0 Å². The summed E-state index contributed by atoms with van der Waals surface area (Å²) in [5.74, 6) is -0.487. The summed E-state index contributed by atoms with van der Waals surface area (Å²) in [7, 11) is 0. The van der Waals surface area contributed by atoms with Crippen LogP contribution in [0.25, 0.3) is 0 Å². The first-order chi connectivity index (χ1) is 7.63. The number of hydrogen-bond donors (Lipinski definition) is 0. The Morgan fingerprint density at radius 1 is 1.50 bits per heavy atom. The number of halogens is 1. The van der Waals surface area contributed by atoms with E-state index in [1.807, 2.05) is 13.0 Å². The van der Waals surface area contributed by atoms with E-state index < -0.39 is 5.97 Å². The van der Waals surface area contributed by atoms with Crippen LogP contribution in [-0.4, -0.2) is 12.6 Å². The number of carbonyl (C=O) groups excluding carboxylic acids is 1. The molecule has 84 valence electrons. The fraction of sp³-hybridized carbons (Fsp3) is 0.333. The standard InChI is InChI=1S/C12H12ClNO2/c1-3-8-5-9(7-14)11(13)10(6-8)12(15)16-4-2/h5-6H,3-4H2,1-2H3. The maximum atomic E-state index is 11.6. The van der Waals surface area contributed by atoms with Gasteiger partial charge in [0.25, 0.3) is 0 Å². The molecule has 0 fully saturated rings. The van der Waals surface area contributed by atoms with E-state index in [-0.39, 0.29) is 17.2 Å². The Hall–Kier alpha value is -1.53. The number of aryl methyl sites for hydroxylation is 1. The van der Waals surface area contributed by atoms with Crippen molar-refractivity contribution in [2.45, 2.75) is 20.3 Å². The molecule has 1 rings (SSSR count). The fourth-order valence-electron chi connectivity index (χ4n) is 1.33. The van der Waals surface area contributed by atoms with Gasteiger partial charge in [-0.15, -0.1) is 0 Å². The molecule has 3 nitrogen and oxygen atoms in total. The monoisotopic (exact) mass is 237 g/mol. The number of carbonyl (C=O) groups is 1. The van der Waals surface area contributed by atoms with Crippen LogP contribution in [0.1, 0.15) is 35.3 Å². The summed E-state index contributed by atoms with van der Waals surface area (Å²) in [6.45, 7) is 3.95. The lowest BCUT2D eigenvalue weighted by atomic mass is 10.0. The van der Waals surface area contributed by atoms with Crippen molar-refractivity contribution in [3.63, 3.8) is 0 Å². The maximum Gasteiger partial charge on any atom is 0.339 e. The predicted molar refractivity (Wildman–Crippen MR) is 61.5 cm³/mol. The molecule has 0 saturated carbocycles. The van der Waals surface area contributed by atoms with Gasteiger partial charge in [0, 0.05) is 0 Å². The molecule has 0 unspecified atom stereocenters. The SMILES string of the molecule is CCOC(=O)c1cc(CC)cc(C#N)c1Cl. The zero-order chi connectivity index (χ0) is 12.1. The summed E-state index contributed by atoms with van der Waals surface area (Å²) in [6.07, 6.45) is 0.734. The molecule has 0 N–H and O–H groups in total. The molecule has 0 aromatic heterocycles. The third kappa shape index (κ3) is 2.53. The highest BCUT2D eigenvalue weighted by Gasteiger charge is 2.15. The lowest BCUT2D eigenvalue weighted by Gasteiger charge is -2.07. The summed E-state index contributed by atoms with van der Waals surface area (Å²) >= 11 is 5.95. The molecule has 16 heavy (non-hydrogen) atoms. The normalized spacial score (nSPS) is 9.62. The van der Waals surface area contributed by atoms with Crippen LogP contribution in [-0.2, 0) is 11.2 Å². The molecule has 4 heteroatoms. The molecule has 0 aliphatic heterocycles. The lowest BCUT2D eigenvalue weighted by Crippen LogP contribution is -2.07. The number of nitriles is 1. The van der Waals surface area contributed by atoms with Crippen molar-refractivity contribution in [2.75, 3.05) is 6.61 Å². The van der Waals surface area contributed by atoms with Crippen molar-refractivity contribution in [3.05, 3.63) is 33.8 Å². The molecule has 0 radical (unpaired) electrons. The second-order valence-corrected chi connectivity index (χ2v) is 3.57. The van der Waals surface area contributed by atoms with Crippen molar-refractivity contribution in [1.29, 1.82) is 5.26 Å². The number of esters is 1. The average molecular weight is 238 g/mol. The van der Waals surface area contributed by atoms with Crippen LogP contribution in [0.3, 0.4) is 0 Å². The quantitative estimate of drug-likeness (QED) is 0.760. The minimum atomic E-state index is -0.487. The van der Waals surface area contributed by atoms with Gasteiger partial charge in [-0.05, 0) is 31.0 Å². The van der Waals surface area contributed by atoms with Crippen LogP contribution < -0.4 is 0 Å². The Labute approximate surface area is 99.6 Å². The summed E-state index contributed by atoms with van der Waals surface area (Å²) in [5.41, 5.74) is 1.47. The molecule has 0 spiro atoms. The van der Waals surface area contributed by atoms with Crippen LogP contribution in [0.4, 0.5) is 0 Å². The molecule has 0 saturated heterocycles. The molecule has 0 atom stereocenters. The van der Waals surface area contributed by atoms with Gasteiger partial charge >= 0.3 is 5.97 Å². The van der Waals surface area contributed by atoms with Crippen molar-refractivity contribution >= 4 is 17.6 Å². The van der Waals surface area contributed by atoms with Gasteiger partial charge in [0.15, 0.2) is 0 Å². The highest BCUT2D eigenvalue weighted by Crippen LogP contribution is 2.24. The van der Waals surface area contributed by atoms with E-state index in [2.05, 4.69) is 0 Å². The number of nitrogens with zero attached hydrogens (tertiary/aromatic N) is 1. The molecule has 1 aromatic carbocycles. The molecule has 0 bridgehead atoms. The first-order valence-electron chi connectivity index (χ1n) is 5.03. The van der Waals surface area contributed by atoms with E-state index in [9.17, 15) is 4.79 Å². The second-order valence-electron chi connectivity index (χ2n) is 3.19. The number of rotatable bonds is 3. The summed E-state index contributed by atoms with van der Waals surface area (Å²) in [4.78, 5) is 11.6. The maximum absolute atomic E-state index is 11.6. The third-order valence-electron chi connectivity index (χ3n) is 2.16. The molecular formula is C12H12ClNO2. The number of benzene rings is 1. The first-order valence-corrected chi connectivity index (χ1v) is 5.41. The van der Waals surface area contributed by atoms with Gasteiger partial charge in [0.1, 0.15) is 6.07 Å². The van der Waals surface area contributed by atoms with Crippen LogP contribution in [0.15, 0.2) is 12.1 Å². The molecule has 0 aliphatic carbocycles. The van der Waals surface area contributed by atoms with Crippen molar-refractivity contribution in [1.82, 2.24) is 0 Å². The topological polar surface area (TPSA) is 50.1 Å². The van der Waals surface area contributed by atoms with Crippen LogP contribution in [0.2, 0.25) is 5.02 Å². The lowest BCUT2D eigenvalue weighted by molar-refractivity contribution is 0.0526. The Kier molecular flexibility index (Phi) is 4.33. The average Bonchev–Trinajstić information content (AvgIpc) is 2.29. The molecule has 0 amide bonds. The summed E-state index contributed by atoms with van der Waals surface area (Å²) in [6, 6.07) is 5.32. The van der Waals surface area contributed by atoms with E-state index in [1.54, 1.807) is 19.1 Å².